The van der Waals surface area contributed by atoms with Crippen molar-refractivity contribution < 1.29 is 9.31 Å². The molecule has 1 aliphatic heterocycles. The van der Waals surface area contributed by atoms with Crippen LogP contribution in [0.1, 0.15) is 6.92 Å². The van der Waals surface area contributed by atoms with Gasteiger partial charge in [0.05, 0.1) is 20.8 Å². The highest BCUT2D eigenvalue weighted by atomic mass is 79.9. The van der Waals surface area contributed by atoms with Crippen molar-refractivity contribution in [2.45, 2.75) is 13.0 Å². The van der Waals surface area contributed by atoms with E-state index in [1.54, 1.807) is 0 Å². The SMILES string of the molecule is CC1CN(c2cc(F)c(Br)cc2Nc2ncnc(Cl)c2[N+](=O)[O-])CCN1C. The molecular weight excluding hydrogens is 443 g/mol. The Hall–Kier alpha value is -2.04. The first-order chi connectivity index (χ1) is 12.8. The van der Waals surface area contributed by atoms with Crippen molar-refractivity contribution in [3.63, 3.8) is 0 Å². The number of hydrogen-bond acceptors (Lipinski definition) is 7. The number of aromatic nitrogens is 2. The van der Waals surface area contributed by atoms with E-state index in [0.29, 0.717) is 24.5 Å². The molecule has 1 aromatic carbocycles. The van der Waals surface area contributed by atoms with E-state index in [-0.39, 0.29) is 21.5 Å². The monoisotopic (exact) mass is 458 g/mol. The molecule has 8 nitrogen and oxygen atoms in total. The Bertz CT molecular complexity index is 886. The molecule has 0 aliphatic carbocycles. The number of halogens is 3. The number of nitro groups is 1. The third-order valence-corrected chi connectivity index (χ3v) is 5.44. The smallest absolute Gasteiger partial charge is 0.348 e. The standard InChI is InChI=1S/C16H17BrClFN6O2/c1-9-7-24(4-3-23(9)2)13-6-11(19)10(17)5-12(13)22-16-14(25(26)27)15(18)20-8-21-16/h5-6,8-9H,3-4,7H2,1-2H3,(H,20,21,22). The predicted octanol–water partition coefficient (Wildman–Crippen LogP) is 3.82. The molecule has 1 fully saturated rings. The van der Waals surface area contributed by atoms with Crippen LogP contribution < -0.4 is 10.2 Å². The van der Waals surface area contributed by atoms with Gasteiger partial charge in [-0.15, -0.1) is 0 Å². The highest BCUT2D eigenvalue weighted by Gasteiger charge is 2.26. The van der Waals surface area contributed by atoms with Crippen LogP contribution >= 0.6 is 27.5 Å². The number of benzene rings is 1. The Kier molecular flexibility index (Phi) is 5.78. The minimum atomic E-state index is -0.652. The molecule has 0 saturated carbocycles. The first kappa shape index (κ1) is 19.7. The molecule has 11 heteroatoms. The van der Waals surface area contributed by atoms with Gasteiger partial charge in [-0.05, 0) is 36.0 Å². The Balaban J connectivity index is 2.03. The summed E-state index contributed by atoms with van der Waals surface area (Å²) in [5.74, 6) is -0.473. The van der Waals surface area contributed by atoms with Crippen LogP contribution in [0.3, 0.4) is 0 Å². The average Bonchev–Trinajstić information content (AvgIpc) is 2.60. The molecule has 2 aromatic rings. The van der Waals surface area contributed by atoms with Gasteiger partial charge in [0.2, 0.25) is 11.0 Å². The summed E-state index contributed by atoms with van der Waals surface area (Å²) < 4.78 is 14.5. The van der Waals surface area contributed by atoms with E-state index < -0.39 is 16.4 Å². The second-order valence-corrected chi connectivity index (χ2v) is 7.52. The second kappa shape index (κ2) is 7.91. The molecule has 3 rings (SSSR count). The van der Waals surface area contributed by atoms with E-state index in [9.17, 15) is 14.5 Å². The fraction of sp³-hybridized carbons (Fsp3) is 0.375. The summed E-state index contributed by atoms with van der Waals surface area (Å²) in [6, 6.07) is 3.22. The summed E-state index contributed by atoms with van der Waals surface area (Å²) in [6.07, 6.45) is 1.13. The lowest BCUT2D eigenvalue weighted by Crippen LogP contribution is -2.50. The summed E-state index contributed by atoms with van der Waals surface area (Å²) >= 11 is 9.02. The average molecular weight is 460 g/mol. The van der Waals surface area contributed by atoms with Gasteiger partial charge in [0.25, 0.3) is 0 Å². The first-order valence-electron chi connectivity index (χ1n) is 8.14. The molecule has 2 heterocycles. The molecule has 0 bridgehead atoms. The van der Waals surface area contributed by atoms with Crippen molar-refractivity contribution in [3.8, 4) is 0 Å². The summed E-state index contributed by atoms with van der Waals surface area (Å²) in [5, 5.41) is 14.0. The largest absolute Gasteiger partial charge is 0.367 e. The Morgan fingerprint density at radius 1 is 1.41 bits per heavy atom. The second-order valence-electron chi connectivity index (χ2n) is 6.30. The highest BCUT2D eigenvalue weighted by molar-refractivity contribution is 9.10. The van der Waals surface area contributed by atoms with Crippen molar-refractivity contribution in [2.75, 3.05) is 36.9 Å². The van der Waals surface area contributed by atoms with Crippen LogP contribution in [0.4, 0.5) is 27.3 Å². The fourth-order valence-electron chi connectivity index (χ4n) is 2.90. The van der Waals surface area contributed by atoms with Crippen molar-refractivity contribution in [2.24, 2.45) is 0 Å². The summed E-state index contributed by atoms with van der Waals surface area (Å²) in [4.78, 5) is 22.5. The first-order valence-corrected chi connectivity index (χ1v) is 9.31. The Labute approximate surface area is 168 Å². The lowest BCUT2D eigenvalue weighted by Gasteiger charge is -2.39. The van der Waals surface area contributed by atoms with Crippen LogP contribution in [-0.4, -0.2) is 52.5 Å². The lowest BCUT2D eigenvalue weighted by atomic mass is 10.1. The minimum Gasteiger partial charge on any atom is -0.367 e. The number of rotatable bonds is 4. The number of nitrogens with zero attached hydrogens (tertiary/aromatic N) is 5. The van der Waals surface area contributed by atoms with Crippen LogP contribution in [0.5, 0.6) is 0 Å². The zero-order chi connectivity index (χ0) is 19.7. The predicted molar refractivity (Wildman–Crippen MR) is 105 cm³/mol. The van der Waals surface area contributed by atoms with Crippen LogP contribution in [0.2, 0.25) is 5.15 Å². The number of hydrogen-bond donors (Lipinski definition) is 1. The topological polar surface area (TPSA) is 87.4 Å². The van der Waals surface area contributed by atoms with E-state index in [4.69, 9.17) is 11.6 Å². The van der Waals surface area contributed by atoms with E-state index in [1.807, 2.05) is 11.9 Å². The summed E-state index contributed by atoms with van der Waals surface area (Å²) in [5.41, 5.74) is 0.648. The van der Waals surface area contributed by atoms with Crippen molar-refractivity contribution >= 4 is 50.4 Å². The maximum atomic E-state index is 14.2. The molecule has 1 aromatic heterocycles. The maximum absolute atomic E-state index is 14.2. The van der Waals surface area contributed by atoms with E-state index >= 15 is 0 Å². The zero-order valence-electron chi connectivity index (χ0n) is 14.6. The Morgan fingerprint density at radius 2 is 2.15 bits per heavy atom. The molecule has 1 aliphatic rings. The van der Waals surface area contributed by atoms with E-state index in [1.165, 1.54) is 12.1 Å². The number of nitrogens with one attached hydrogen (secondary N) is 1. The zero-order valence-corrected chi connectivity index (χ0v) is 17.0. The van der Waals surface area contributed by atoms with Gasteiger partial charge in [-0.2, -0.15) is 0 Å². The lowest BCUT2D eigenvalue weighted by molar-refractivity contribution is -0.384. The maximum Gasteiger partial charge on any atom is 0.348 e. The van der Waals surface area contributed by atoms with Gasteiger partial charge in [0, 0.05) is 31.7 Å². The Morgan fingerprint density at radius 3 is 2.81 bits per heavy atom. The van der Waals surface area contributed by atoms with Crippen LogP contribution in [-0.2, 0) is 0 Å². The van der Waals surface area contributed by atoms with Crippen molar-refractivity contribution in [1.82, 2.24) is 14.9 Å². The molecule has 1 saturated heterocycles. The van der Waals surface area contributed by atoms with Gasteiger partial charge in [0.1, 0.15) is 12.1 Å². The number of piperazine rings is 1. The minimum absolute atomic E-state index is 0.0538. The normalized spacial score (nSPS) is 17.8. The van der Waals surface area contributed by atoms with Gasteiger partial charge < -0.3 is 15.1 Å². The fourth-order valence-corrected chi connectivity index (χ4v) is 3.45. The van der Waals surface area contributed by atoms with Crippen molar-refractivity contribution in [3.05, 3.63) is 44.0 Å². The number of likely N-dealkylation sites (N-methyl/N-ethyl adjacent to an activating group) is 1. The van der Waals surface area contributed by atoms with Crippen LogP contribution in [0.25, 0.3) is 0 Å². The van der Waals surface area contributed by atoms with Gasteiger partial charge >= 0.3 is 5.69 Å². The van der Waals surface area contributed by atoms with E-state index in [0.717, 1.165) is 12.9 Å². The van der Waals surface area contributed by atoms with E-state index in [2.05, 4.69) is 43.0 Å². The van der Waals surface area contributed by atoms with Gasteiger partial charge in [-0.1, -0.05) is 11.6 Å². The molecule has 1 unspecified atom stereocenters. The third kappa shape index (κ3) is 4.12. The molecule has 1 N–H and O–H groups in total. The molecule has 27 heavy (non-hydrogen) atoms. The quantitative estimate of drug-likeness (QED) is 0.422. The molecular formula is C16H17BrClFN6O2. The van der Waals surface area contributed by atoms with Crippen molar-refractivity contribution in [1.29, 1.82) is 0 Å². The molecule has 1 atom stereocenters. The van der Waals surface area contributed by atoms with Gasteiger partial charge in [0.15, 0.2) is 0 Å². The van der Waals surface area contributed by atoms with Crippen LogP contribution in [0.15, 0.2) is 22.9 Å². The van der Waals surface area contributed by atoms with Gasteiger partial charge in [-0.3, -0.25) is 10.1 Å². The third-order valence-electron chi connectivity index (χ3n) is 4.55. The summed E-state index contributed by atoms with van der Waals surface area (Å²) in [6.45, 7) is 4.30. The molecule has 0 amide bonds. The van der Waals surface area contributed by atoms with Gasteiger partial charge in [-0.25, -0.2) is 14.4 Å². The highest BCUT2D eigenvalue weighted by Crippen LogP contribution is 2.37. The van der Waals surface area contributed by atoms with Crippen LogP contribution in [0, 0.1) is 15.9 Å². The number of anilines is 3. The molecule has 144 valence electrons. The summed E-state index contributed by atoms with van der Waals surface area (Å²) in [7, 11) is 2.04. The molecule has 0 radical (unpaired) electrons. The molecule has 0 spiro atoms.